The second kappa shape index (κ2) is 6.57. The summed E-state index contributed by atoms with van der Waals surface area (Å²) < 4.78 is 7.12. The number of rotatable bonds is 3. The van der Waals surface area contributed by atoms with Crippen LogP contribution in [0.1, 0.15) is 25.8 Å². The molecule has 2 aromatic rings. The molecule has 1 aromatic carbocycles. The van der Waals surface area contributed by atoms with Gasteiger partial charge in [-0.15, -0.1) is 0 Å². The molecule has 0 saturated carbocycles. The fraction of sp³-hybridized carbons (Fsp3) is 0.438. The zero-order valence-electron chi connectivity index (χ0n) is 13.0. The molecule has 0 atom stereocenters. The largest absolute Gasteiger partial charge is 0.450 e. The van der Waals surface area contributed by atoms with Gasteiger partial charge < -0.3 is 14.2 Å². The Morgan fingerprint density at radius 2 is 2.17 bits per heavy atom. The summed E-state index contributed by atoms with van der Waals surface area (Å²) in [4.78, 5) is 18.0. The van der Waals surface area contributed by atoms with Crippen LogP contribution in [0.3, 0.4) is 0 Å². The number of likely N-dealkylation sites (tertiary alicyclic amines) is 1. The summed E-state index contributed by atoms with van der Waals surface area (Å²) in [6.45, 7) is 3.48. The van der Waals surface area contributed by atoms with Crippen LogP contribution in [-0.2, 0) is 4.74 Å². The molecule has 1 fully saturated rings. The molecule has 0 bridgehead atoms. The Labute approximate surface area is 134 Å². The Hall–Kier alpha value is -2.75. The maximum Gasteiger partial charge on any atom is 0.409 e. The van der Waals surface area contributed by atoms with Gasteiger partial charge in [-0.25, -0.2) is 9.78 Å². The molecule has 0 radical (unpaired) electrons. The number of imidazole rings is 1. The van der Waals surface area contributed by atoms with Crippen molar-refractivity contribution in [2.75, 3.05) is 25.0 Å². The van der Waals surface area contributed by atoms with Crippen LogP contribution < -0.4 is 5.32 Å². The smallest absolute Gasteiger partial charge is 0.409 e. The number of hydrogen-bond donors (Lipinski definition) is 1. The van der Waals surface area contributed by atoms with E-state index >= 15 is 0 Å². The van der Waals surface area contributed by atoms with Crippen LogP contribution in [0.5, 0.6) is 0 Å². The maximum absolute atomic E-state index is 11.8. The molecule has 1 aromatic heterocycles. The molecule has 120 valence electrons. The molecule has 1 saturated heterocycles. The van der Waals surface area contributed by atoms with Gasteiger partial charge in [0.2, 0.25) is 5.95 Å². The number of amides is 1. The number of piperidine rings is 1. The van der Waals surface area contributed by atoms with Gasteiger partial charge in [0.15, 0.2) is 6.19 Å². The number of hydrogen-bond acceptors (Lipinski definition) is 5. The molecular formula is C16H19N5O2. The first-order chi connectivity index (χ1) is 11.2. The zero-order valence-corrected chi connectivity index (χ0v) is 13.0. The third-order valence-corrected chi connectivity index (χ3v) is 4.12. The monoisotopic (exact) mass is 313 g/mol. The molecule has 0 spiro atoms. The molecule has 23 heavy (non-hydrogen) atoms. The number of carbonyl (C=O) groups is 1. The van der Waals surface area contributed by atoms with Crippen molar-refractivity contribution >= 4 is 23.1 Å². The van der Waals surface area contributed by atoms with Crippen molar-refractivity contribution in [2.24, 2.45) is 0 Å². The summed E-state index contributed by atoms with van der Waals surface area (Å²) in [6, 6.07) is 8.03. The van der Waals surface area contributed by atoms with Gasteiger partial charge in [0, 0.05) is 19.1 Å². The SMILES string of the molecule is CCOC(=O)N1CCC(n2c(NC#N)nc3ccccc32)CC1. The summed E-state index contributed by atoms with van der Waals surface area (Å²) >= 11 is 0. The van der Waals surface area contributed by atoms with Gasteiger partial charge >= 0.3 is 6.09 Å². The van der Waals surface area contributed by atoms with Crippen molar-refractivity contribution in [2.45, 2.75) is 25.8 Å². The van der Waals surface area contributed by atoms with Gasteiger partial charge in [-0.1, -0.05) is 12.1 Å². The fourth-order valence-corrected chi connectivity index (χ4v) is 3.07. The first kappa shape index (κ1) is 15.2. The second-order valence-corrected chi connectivity index (χ2v) is 5.45. The van der Waals surface area contributed by atoms with E-state index in [1.54, 1.807) is 4.90 Å². The first-order valence-electron chi connectivity index (χ1n) is 7.78. The molecule has 3 rings (SSSR count). The average Bonchev–Trinajstić information content (AvgIpc) is 2.93. The fourth-order valence-electron chi connectivity index (χ4n) is 3.07. The van der Waals surface area contributed by atoms with Gasteiger partial charge in [-0.2, -0.15) is 5.26 Å². The number of ether oxygens (including phenoxy) is 1. The number of aromatic nitrogens is 2. The Bertz CT molecular complexity index is 740. The Morgan fingerprint density at radius 3 is 2.87 bits per heavy atom. The van der Waals surface area contributed by atoms with E-state index in [1.165, 1.54) is 0 Å². The van der Waals surface area contributed by atoms with Crippen LogP contribution in [-0.4, -0.2) is 40.2 Å². The summed E-state index contributed by atoms with van der Waals surface area (Å²) in [5.41, 5.74) is 1.86. The summed E-state index contributed by atoms with van der Waals surface area (Å²) in [7, 11) is 0. The van der Waals surface area contributed by atoms with E-state index in [0.29, 0.717) is 25.6 Å². The van der Waals surface area contributed by atoms with Crippen molar-refractivity contribution in [3.8, 4) is 6.19 Å². The summed E-state index contributed by atoms with van der Waals surface area (Å²) in [5, 5.41) is 11.6. The lowest BCUT2D eigenvalue weighted by atomic mass is 10.0. The van der Waals surface area contributed by atoms with Crippen molar-refractivity contribution in [1.82, 2.24) is 14.5 Å². The summed E-state index contributed by atoms with van der Waals surface area (Å²) in [6.07, 6.45) is 3.31. The predicted molar refractivity (Wildman–Crippen MR) is 85.8 cm³/mol. The highest BCUT2D eigenvalue weighted by Crippen LogP contribution is 2.31. The molecule has 0 aliphatic carbocycles. The minimum absolute atomic E-state index is 0.198. The van der Waals surface area contributed by atoms with Gasteiger partial charge in [0.25, 0.3) is 0 Å². The highest BCUT2D eigenvalue weighted by Gasteiger charge is 2.27. The predicted octanol–water partition coefficient (Wildman–Crippen LogP) is 2.72. The van der Waals surface area contributed by atoms with Gasteiger partial charge in [-0.05, 0) is 31.9 Å². The van der Waals surface area contributed by atoms with Crippen molar-refractivity contribution in [3.63, 3.8) is 0 Å². The number of benzene rings is 1. The molecule has 1 N–H and O–H groups in total. The number of carbonyl (C=O) groups excluding carboxylic acids is 1. The van der Waals surface area contributed by atoms with Crippen LogP contribution >= 0.6 is 0 Å². The lowest BCUT2D eigenvalue weighted by molar-refractivity contribution is 0.0932. The normalized spacial score (nSPS) is 15.4. The Morgan fingerprint density at radius 1 is 1.43 bits per heavy atom. The average molecular weight is 313 g/mol. The van der Waals surface area contributed by atoms with Crippen molar-refractivity contribution in [3.05, 3.63) is 24.3 Å². The molecule has 0 unspecified atom stereocenters. The van der Waals surface area contributed by atoms with Gasteiger partial charge in [0.05, 0.1) is 17.6 Å². The standard InChI is InChI=1S/C16H19N5O2/c1-2-23-16(22)20-9-7-12(8-10-20)21-14-6-4-3-5-13(14)19-15(21)18-11-17/h3-6,12H,2,7-10H2,1H3,(H,18,19). The molecule has 7 heteroatoms. The van der Waals surface area contributed by atoms with E-state index < -0.39 is 0 Å². The molecule has 1 aliphatic rings. The first-order valence-corrected chi connectivity index (χ1v) is 7.78. The van der Waals surface area contributed by atoms with Crippen LogP contribution in [0.15, 0.2) is 24.3 Å². The van der Waals surface area contributed by atoms with Crippen LogP contribution in [0.25, 0.3) is 11.0 Å². The topological polar surface area (TPSA) is 83.2 Å². The number of nitriles is 1. The lowest BCUT2D eigenvalue weighted by Gasteiger charge is -2.32. The van der Waals surface area contributed by atoms with Crippen LogP contribution in [0.2, 0.25) is 0 Å². The third-order valence-electron chi connectivity index (χ3n) is 4.12. The highest BCUT2D eigenvalue weighted by molar-refractivity contribution is 5.79. The minimum atomic E-state index is -0.253. The van der Waals surface area contributed by atoms with Gasteiger partial charge in [0.1, 0.15) is 0 Å². The highest BCUT2D eigenvalue weighted by atomic mass is 16.6. The molecule has 1 amide bonds. The van der Waals surface area contributed by atoms with Gasteiger partial charge in [-0.3, -0.25) is 5.32 Å². The zero-order chi connectivity index (χ0) is 16.2. The quantitative estimate of drug-likeness (QED) is 0.696. The van der Waals surface area contributed by atoms with Crippen LogP contribution in [0, 0.1) is 11.5 Å². The Balaban J connectivity index is 1.83. The minimum Gasteiger partial charge on any atom is -0.450 e. The number of fused-ring (bicyclic) bond motifs is 1. The number of anilines is 1. The summed E-state index contributed by atoms with van der Waals surface area (Å²) in [5.74, 6) is 0.559. The van der Waals surface area contributed by atoms with E-state index in [1.807, 2.05) is 37.4 Å². The van der Waals surface area contributed by atoms with E-state index in [2.05, 4.69) is 14.9 Å². The van der Waals surface area contributed by atoms with E-state index in [-0.39, 0.29) is 12.1 Å². The molecule has 7 nitrogen and oxygen atoms in total. The van der Waals surface area contributed by atoms with E-state index in [9.17, 15) is 4.79 Å². The number of para-hydroxylation sites is 2. The van der Waals surface area contributed by atoms with Crippen molar-refractivity contribution in [1.29, 1.82) is 5.26 Å². The second-order valence-electron chi connectivity index (χ2n) is 5.45. The maximum atomic E-state index is 11.8. The van der Waals surface area contributed by atoms with Crippen LogP contribution in [0.4, 0.5) is 10.7 Å². The number of nitrogens with zero attached hydrogens (tertiary/aromatic N) is 4. The molecular weight excluding hydrogens is 294 g/mol. The molecule has 1 aliphatic heterocycles. The van der Waals surface area contributed by atoms with Crippen molar-refractivity contribution < 1.29 is 9.53 Å². The Kier molecular flexibility index (Phi) is 4.33. The lowest BCUT2D eigenvalue weighted by Crippen LogP contribution is -2.39. The third kappa shape index (κ3) is 2.93. The molecule has 2 heterocycles. The van der Waals surface area contributed by atoms with E-state index in [4.69, 9.17) is 10.00 Å². The number of nitrogens with one attached hydrogen (secondary N) is 1. The van der Waals surface area contributed by atoms with E-state index in [0.717, 1.165) is 23.9 Å².